The molecule has 1 atom stereocenters. The number of fused-ring (bicyclic) bond motifs is 3. The summed E-state index contributed by atoms with van der Waals surface area (Å²) in [6.07, 6.45) is 3.96. The van der Waals surface area contributed by atoms with E-state index in [4.69, 9.17) is 0 Å². The maximum atomic E-state index is 14.2. The van der Waals surface area contributed by atoms with E-state index in [1.54, 1.807) is 18.5 Å². The van der Waals surface area contributed by atoms with Crippen LogP contribution in [0.3, 0.4) is 0 Å². The molecule has 1 N–H and O–H groups in total. The van der Waals surface area contributed by atoms with Gasteiger partial charge in [0.15, 0.2) is 12.3 Å². The second-order valence-corrected chi connectivity index (χ2v) is 12.5. The zero-order valence-corrected chi connectivity index (χ0v) is 21.8. The quantitative estimate of drug-likeness (QED) is 0.399. The summed E-state index contributed by atoms with van der Waals surface area (Å²) in [4.78, 5) is 27.1. The number of nitriles is 1. The number of hydrogen-bond acceptors (Lipinski definition) is 7. The van der Waals surface area contributed by atoms with Crippen LogP contribution < -0.4 is 10.6 Å². The van der Waals surface area contributed by atoms with Crippen LogP contribution in [0.2, 0.25) is 0 Å². The van der Waals surface area contributed by atoms with E-state index in [2.05, 4.69) is 26.3 Å². The Hall–Kier alpha value is -3.83. The van der Waals surface area contributed by atoms with Crippen LogP contribution in [0.15, 0.2) is 36.7 Å². The van der Waals surface area contributed by atoms with Gasteiger partial charge in [-0.1, -0.05) is 12.1 Å². The van der Waals surface area contributed by atoms with Crippen LogP contribution >= 0.6 is 7.14 Å². The molecule has 1 fully saturated rings. The van der Waals surface area contributed by atoms with Crippen LogP contribution in [-0.2, 0) is 9.36 Å². The van der Waals surface area contributed by atoms with Gasteiger partial charge in [0.1, 0.15) is 24.4 Å². The Morgan fingerprint density at radius 3 is 2.70 bits per heavy atom. The molecule has 3 aromatic heterocycles. The first-order chi connectivity index (χ1) is 17.8. The number of rotatable bonds is 5. The standard InChI is InChI=1S/C26H27FN7O2P/c1-16-19(15-28)5-4-6-20(16)17(2)30-24-21-13-22(37(36)11-9-33(10-12-37)23(35)14-27)26-29-7-8-34(26)25(21)32-18(3)31-24/h4-8,13,17H,9-12,14H2,1-3H3,(H,30,31,32)/t17-/m1/s1. The number of anilines is 1. The molecule has 0 unspecified atom stereocenters. The lowest BCUT2D eigenvalue weighted by molar-refractivity contribution is -0.131. The van der Waals surface area contributed by atoms with Crippen LogP contribution in [0, 0.1) is 25.2 Å². The highest BCUT2D eigenvalue weighted by Crippen LogP contribution is 2.48. The monoisotopic (exact) mass is 519 g/mol. The van der Waals surface area contributed by atoms with Gasteiger partial charge in [-0.25, -0.2) is 19.3 Å². The number of nitrogens with one attached hydrogen (secondary N) is 1. The Bertz CT molecular complexity index is 1620. The van der Waals surface area contributed by atoms with Crippen molar-refractivity contribution < 1.29 is 13.8 Å². The Kier molecular flexibility index (Phi) is 6.42. The zero-order valence-electron chi connectivity index (χ0n) is 20.9. The maximum absolute atomic E-state index is 14.2. The number of alkyl halides is 1. The molecule has 0 radical (unpaired) electrons. The number of nitrogens with zero attached hydrogens (tertiary/aromatic N) is 6. The van der Waals surface area contributed by atoms with Gasteiger partial charge in [0.25, 0.3) is 5.91 Å². The predicted molar refractivity (Wildman–Crippen MR) is 140 cm³/mol. The Labute approximate surface area is 213 Å². The molecule has 11 heteroatoms. The highest BCUT2D eigenvalue weighted by atomic mass is 31.2. The van der Waals surface area contributed by atoms with Crippen LogP contribution in [0.1, 0.15) is 35.5 Å². The van der Waals surface area contributed by atoms with E-state index in [-0.39, 0.29) is 31.5 Å². The van der Waals surface area contributed by atoms with Gasteiger partial charge in [0.2, 0.25) is 0 Å². The first-order valence-corrected chi connectivity index (χ1v) is 14.2. The second kappa shape index (κ2) is 9.56. The van der Waals surface area contributed by atoms with Crippen molar-refractivity contribution in [2.75, 3.05) is 37.4 Å². The average Bonchev–Trinajstić information content (AvgIpc) is 3.38. The molecule has 0 aliphatic carbocycles. The average molecular weight is 520 g/mol. The highest BCUT2D eigenvalue weighted by molar-refractivity contribution is 7.72. The molecule has 1 aliphatic heterocycles. The predicted octanol–water partition coefficient (Wildman–Crippen LogP) is 3.74. The molecule has 1 saturated heterocycles. The summed E-state index contributed by atoms with van der Waals surface area (Å²) in [6.45, 7) is 5.17. The number of halogens is 1. The molecule has 1 amide bonds. The van der Waals surface area contributed by atoms with E-state index < -0.39 is 19.7 Å². The van der Waals surface area contributed by atoms with E-state index in [0.717, 1.165) is 11.1 Å². The number of aromatic nitrogens is 4. The van der Waals surface area contributed by atoms with Crippen molar-refractivity contribution in [3.8, 4) is 6.07 Å². The van der Waals surface area contributed by atoms with Gasteiger partial charge in [0.05, 0.1) is 28.4 Å². The van der Waals surface area contributed by atoms with E-state index in [1.165, 1.54) is 4.90 Å². The number of carbonyl (C=O) groups is 1. The summed E-state index contributed by atoms with van der Waals surface area (Å²) in [7, 11) is -2.93. The number of imidazole rings is 1. The fraction of sp³-hybridized carbons (Fsp3) is 0.346. The largest absolute Gasteiger partial charge is 0.363 e. The summed E-state index contributed by atoms with van der Waals surface area (Å²) in [6, 6.07) is 9.56. The SMILES string of the molecule is Cc1nc(N[C@H](C)c2cccc(C#N)c2C)c2cc(P3(=O)CCN(C(=O)CF)CC3)c3nccn3c2n1. The van der Waals surface area contributed by atoms with Crippen molar-refractivity contribution in [2.45, 2.75) is 26.8 Å². The molecule has 0 spiro atoms. The van der Waals surface area contributed by atoms with Crippen LogP contribution in [0.5, 0.6) is 0 Å². The first kappa shape index (κ1) is 24.8. The molecule has 37 heavy (non-hydrogen) atoms. The van der Waals surface area contributed by atoms with Crippen molar-refractivity contribution in [3.63, 3.8) is 0 Å². The van der Waals surface area contributed by atoms with Gasteiger partial charge >= 0.3 is 0 Å². The summed E-state index contributed by atoms with van der Waals surface area (Å²) in [5, 5.41) is 14.2. The van der Waals surface area contributed by atoms with Gasteiger partial charge in [-0.3, -0.25) is 9.20 Å². The number of benzene rings is 1. The normalized spacial score (nSPS) is 16.0. The first-order valence-electron chi connectivity index (χ1n) is 12.1. The minimum Gasteiger partial charge on any atom is -0.363 e. The molecule has 190 valence electrons. The van der Waals surface area contributed by atoms with E-state index >= 15 is 0 Å². The fourth-order valence-corrected chi connectivity index (χ4v) is 7.78. The maximum Gasteiger partial charge on any atom is 0.253 e. The van der Waals surface area contributed by atoms with Crippen molar-refractivity contribution >= 4 is 40.9 Å². The lowest BCUT2D eigenvalue weighted by Gasteiger charge is -2.32. The van der Waals surface area contributed by atoms with Crippen molar-refractivity contribution in [1.82, 2.24) is 24.3 Å². The minimum atomic E-state index is -2.93. The smallest absolute Gasteiger partial charge is 0.253 e. The minimum absolute atomic E-state index is 0.168. The van der Waals surface area contributed by atoms with E-state index in [9.17, 15) is 19.0 Å². The summed E-state index contributed by atoms with van der Waals surface area (Å²) < 4.78 is 28.9. The summed E-state index contributed by atoms with van der Waals surface area (Å²) in [5.41, 5.74) is 3.70. The molecule has 1 aromatic carbocycles. The Morgan fingerprint density at radius 1 is 1.24 bits per heavy atom. The van der Waals surface area contributed by atoms with Gasteiger partial charge in [-0.2, -0.15) is 5.26 Å². The molecule has 5 rings (SSSR count). The molecular weight excluding hydrogens is 492 g/mol. The van der Waals surface area contributed by atoms with Crippen LogP contribution in [0.25, 0.3) is 16.7 Å². The number of amides is 1. The highest BCUT2D eigenvalue weighted by Gasteiger charge is 2.35. The van der Waals surface area contributed by atoms with Crippen molar-refractivity contribution in [1.29, 1.82) is 5.26 Å². The third-order valence-corrected chi connectivity index (χ3v) is 10.2. The molecule has 9 nitrogen and oxygen atoms in total. The van der Waals surface area contributed by atoms with Crippen LogP contribution in [-0.4, -0.2) is 62.2 Å². The zero-order chi connectivity index (χ0) is 26.3. The van der Waals surface area contributed by atoms with E-state index in [0.29, 0.717) is 39.2 Å². The van der Waals surface area contributed by atoms with Gasteiger partial charge in [-0.05, 0) is 44.0 Å². The second-order valence-electron chi connectivity index (χ2n) is 9.36. The number of carbonyl (C=O) groups excluding carboxylic acids is 1. The number of hydrogen-bond donors (Lipinski definition) is 1. The molecule has 0 bridgehead atoms. The molecule has 4 heterocycles. The third-order valence-electron chi connectivity index (χ3n) is 7.10. The third kappa shape index (κ3) is 4.34. The number of aryl methyl sites for hydroxylation is 1. The van der Waals surface area contributed by atoms with Crippen molar-refractivity contribution in [3.05, 3.63) is 59.2 Å². The summed E-state index contributed by atoms with van der Waals surface area (Å²) >= 11 is 0. The Morgan fingerprint density at radius 2 is 2.00 bits per heavy atom. The van der Waals surface area contributed by atoms with Gasteiger partial charge < -0.3 is 14.8 Å². The van der Waals surface area contributed by atoms with Crippen LogP contribution in [0.4, 0.5) is 10.2 Å². The molecular formula is C26H27FN7O2P. The topological polar surface area (TPSA) is 116 Å². The molecule has 0 saturated carbocycles. The van der Waals surface area contributed by atoms with E-state index in [1.807, 2.05) is 43.4 Å². The lowest BCUT2D eigenvalue weighted by atomic mass is 9.98. The fourth-order valence-electron chi connectivity index (χ4n) is 5.05. The van der Waals surface area contributed by atoms with Gasteiger partial charge in [0, 0.05) is 37.8 Å². The van der Waals surface area contributed by atoms with Crippen molar-refractivity contribution in [2.24, 2.45) is 0 Å². The summed E-state index contributed by atoms with van der Waals surface area (Å²) in [5.74, 6) is 0.583. The Balaban J connectivity index is 1.61. The molecule has 1 aliphatic rings. The number of pyridine rings is 1. The van der Waals surface area contributed by atoms with Gasteiger partial charge in [-0.15, -0.1) is 0 Å². The molecule has 4 aromatic rings. The lowest BCUT2D eigenvalue weighted by Crippen LogP contribution is -2.42.